The molecule has 1 heterocycles. The van der Waals surface area contributed by atoms with Gasteiger partial charge in [-0.15, -0.1) is 11.8 Å². The average Bonchev–Trinajstić information content (AvgIpc) is 3.03. The van der Waals surface area contributed by atoms with Crippen LogP contribution in [0.1, 0.15) is 25.8 Å². The highest BCUT2D eigenvalue weighted by Crippen LogP contribution is 2.22. The second-order valence-corrected chi connectivity index (χ2v) is 6.96. The summed E-state index contributed by atoms with van der Waals surface area (Å²) in [5.41, 5.74) is 0.898. The van der Waals surface area contributed by atoms with Crippen molar-refractivity contribution in [3.63, 3.8) is 0 Å². The predicted molar refractivity (Wildman–Crippen MR) is 96.3 cm³/mol. The molecule has 6 heteroatoms. The summed E-state index contributed by atoms with van der Waals surface area (Å²) in [6, 6.07) is 6.97. The van der Waals surface area contributed by atoms with Crippen LogP contribution < -0.4 is 5.32 Å². The molecule has 0 radical (unpaired) electrons. The summed E-state index contributed by atoms with van der Waals surface area (Å²) in [7, 11) is 0. The van der Waals surface area contributed by atoms with E-state index in [1.165, 1.54) is 6.08 Å². The highest BCUT2D eigenvalue weighted by atomic mass is 35.5. The summed E-state index contributed by atoms with van der Waals surface area (Å²) in [5, 5.41) is 3.61. The molecule has 2 amide bonds. The van der Waals surface area contributed by atoms with E-state index in [4.69, 9.17) is 11.6 Å². The number of nitrogens with one attached hydrogen (secondary N) is 1. The Labute approximate surface area is 146 Å². The fraction of sp³-hybridized carbons (Fsp3) is 0.412. The van der Waals surface area contributed by atoms with E-state index in [1.807, 2.05) is 26.0 Å². The van der Waals surface area contributed by atoms with Crippen LogP contribution in [0.4, 0.5) is 0 Å². The van der Waals surface area contributed by atoms with Crippen LogP contribution in [-0.4, -0.2) is 40.4 Å². The number of carbonyl (C=O) groups excluding carboxylic acids is 2. The van der Waals surface area contributed by atoms with Crippen molar-refractivity contribution in [1.29, 1.82) is 0 Å². The van der Waals surface area contributed by atoms with E-state index in [0.29, 0.717) is 16.7 Å². The van der Waals surface area contributed by atoms with E-state index >= 15 is 0 Å². The molecule has 1 fully saturated rings. The number of hydrogen-bond acceptors (Lipinski definition) is 3. The van der Waals surface area contributed by atoms with Crippen molar-refractivity contribution in [2.75, 3.05) is 11.6 Å². The normalized spacial score (nSPS) is 19.1. The lowest BCUT2D eigenvalue weighted by molar-refractivity contribution is -0.135. The van der Waals surface area contributed by atoms with Gasteiger partial charge in [0.15, 0.2) is 0 Å². The van der Waals surface area contributed by atoms with E-state index in [-0.39, 0.29) is 17.9 Å². The Bertz CT molecular complexity index is 589. The average molecular weight is 353 g/mol. The van der Waals surface area contributed by atoms with E-state index in [0.717, 1.165) is 12.0 Å². The van der Waals surface area contributed by atoms with Crippen molar-refractivity contribution in [3.8, 4) is 0 Å². The summed E-state index contributed by atoms with van der Waals surface area (Å²) >= 11 is 7.44. The fourth-order valence-corrected chi connectivity index (χ4v) is 3.45. The second-order valence-electron chi connectivity index (χ2n) is 5.53. The number of carbonyl (C=O) groups is 2. The highest BCUT2D eigenvalue weighted by molar-refractivity contribution is 7.99. The van der Waals surface area contributed by atoms with Gasteiger partial charge >= 0.3 is 0 Å². The van der Waals surface area contributed by atoms with Crippen molar-refractivity contribution in [2.24, 2.45) is 0 Å². The quantitative estimate of drug-likeness (QED) is 0.828. The SMILES string of the molecule is CCC(C)NC(=O)C1CSCN1C(=O)/C=C/c1ccc(Cl)cc1. The largest absolute Gasteiger partial charge is 0.352 e. The van der Waals surface area contributed by atoms with E-state index in [1.54, 1.807) is 34.9 Å². The Hall–Kier alpha value is -1.46. The molecule has 0 spiro atoms. The molecule has 1 aromatic carbocycles. The Kier molecular flexibility index (Phi) is 6.54. The third-order valence-electron chi connectivity index (χ3n) is 3.76. The van der Waals surface area contributed by atoms with Gasteiger partial charge in [-0.05, 0) is 37.1 Å². The second kappa shape index (κ2) is 8.41. The van der Waals surface area contributed by atoms with E-state index in [9.17, 15) is 9.59 Å². The van der Waals surface area contributed by atoms with Crippen molar-refractivity contribution >= 4 is 41.3 Å². The number of nitrogens with zero attached hydrogens (tertiary/aromatic N) is 1. The smallest absolute Gasteiger partial charge is 0.247 e. The van der Waals surface area contributed by atoms with Crippen LogP contribution in [0, 0.1) is 0 Å². The monoisotopic (exact) mass is 352 g/mol. The number of thioether (sulfide) groups is 1. The first-order valence-electron chi connectivity index (χ1n) is 7.63. The third-order valence-corrected chi connectivity index (χ3v) is 5.02. The molecule has 2 unspecified atom stereocenters. The summed E-state index contributed by atoms with van der Waals surface area (Å²) in [6.07, 6.45) is 4.12. The fourth-order valence-electron chi connectivity index (χ4n) is 2.16. The van der Waals surface area contributed by atoms with E-state index < -0.39 is 6.04 Å². The van der Waals surface area contributed by atoms with Crippen LogP contribution in [0.5, 0.6) is 0 Å². The standard InChI is InChI=1S/C17H21ClN2O2S/c1-3-12(2)19-17(22)15-10-23-11-20(15)16(21)9-6-13-4-7-14(18)8-5-13/h4-9,12,15H,3,10-11H2,1-2H3,(H,19,22)/b9-6+. The Morgan fingerprint density at radius 1 is 1.43 bits per heavy atom. The van der Waals surface area contributed by atoms with E-state index in [2.05, 4.69) is 5.32 Å². The minimum Gasteiger partial charge on any atom is -0.352 e. The number of benzene rings is 1. The van der Waals surface area contributed by atoms with Gasteiger partial charge in [-0.3, -0.25) is 9.59 Å². The topological polar surface area (TPSA) is 49.4 Å². The number of hydrogen-bond donors (Lipinski definition) is 1. The zero-order valence-corrected chi connectivity index (χ0v) is 14.9. The predicted octanol–water partition coefficient (Wildman–Crippen LogP) is 3.17. The zero-order valence-electron chi connectivity index (χ0n) is 13.3. The first-order valence-corrected chi connectivity index (χ1v) is 9.17. The Morgan fingerprint density at radius 2 is 2.13 bits per heavy atom. The first kappa shape index (κ1) is 17.9. The van der Waals surface area contributed by atoms with Gasteiger partial charge in [-0.2, -0.15) is 0 Å². The molecule has 1 saturated heterocycles. The van der Waals surface area contributed by atoms with Crippen molar-refractivity contribution in [1.82, 2.24) is 10.2 Å². The number of amides is 2. The molecule has 1 aromatic rings. The molecule has 0 saturated carbocycles. The van der Waals surface area contributed by atoms with Crippen LogP contribution in [0.2, 0.25) is 5.02 Å². The van der Waals surface area contributed by atoms with Crippen molar-refractivity contribution < 1.29 is 9.59 Å². The number of rotatable bonds is 5. The van der Waals surface area contributed by atoms with Gasteiger partial charge in [0.05, 0.1) is 5.88 Å². The van der Waals surface area contributed by atoms with Gasteiger partial charge in [0.25, 0.3) is 0 Å². The van der Waals surface area contributed by atoms with Crippen LogP contribution in [0.15, 0.2) is 30.3 Å². The van der Waals surface area contributed by atoms with Gasteiger partial charge in [-0.1, -0.05) is 30.7 Å². The third kappa shape index (κ3) is 5.01. The molecule has 23 heavy (non-hydrogen) atoms. The molecule has 4 nitrogen and oxygen atoms in total. The molecular weight excluding hydrogens is 332 g/mol. The van der Waals surface area contributed by atoms with Crippen LogP contribution in [0.3, 0.4) is 0 Å². The summed E-state index contributed by atoms with van der Waals surface area (Å²) in [6.45, 7) is 3.98. The Morgan fingerprint density at radius 3 is 2.78 bits per heavy atom. The van der Waals surface area contributed by atoms with Crippen LogP contribution >= 0.6 is 23.4 Å². The first-order chi connectivity index (χ1) is 11.0. The molecule has 0 bridgehead atoms. The Balaban J connectivity index is 2.00. The number of halogens is 1. The van der Waals surface area contributed by atoms with Crippen LogP contribution in [-0.2, 0) is 9.59 Å². The van der Waals surface area contributed by atoms with Gasteiger partial charge < -0.3 is 10.2 Å². The highest BCUT2D eigenvalue weighted by Gasteiger charge is 2.33. The summed E-state index contributed by atoms with van der Waals surface area (Å²) < 4.78 is 0. The van der Waals surface area contributed by atoms with Gasteiger partial charge in [0, 0.05) is 22.9 Å². The van der Waals surface area contributed by atoms with Crippen LogP contribution in [0.25, 0.3) is 6.08 Å². The molecule has 2 rings (SSSR count). The maximum absolute atomic E-state index is 12.4. The lowest BCUT2D eigenvalue weighted by atomic mass is 10.2. The summed E-state index contributed by atoms with van der Waals surface area (Å²) in [5.74, 6) is 0.970. The lowest BCUT2D eigenvalue weighted by Gasteiger charge is -2.23. The molecule has 1 aliphatic heterocycles. The maximum Gasteiger partial charge on any atom is 0.247 e. The molecule has 2 atom stereocenters. The maximum atomic E-state index is 12.4. The molecule has 1 N–H and O–H groups in total. The minimum atomic E-state index is -0.392. The summed E-state index contributed by atoms with van der Waals surface area (Å²) in [4.78, 5) is 26.3. The van der Waals surface area contributed by atoms with Crippen molar-refractivity contribution in [3.05, 3.63) is 40.9 Å². The van der Waals surface area contributed by atoms with Gasteiger partial charge in [0.1, 0.15) is 6.04 Å². The minimum absolute atomic E-state index is 0.0717. The molecule has 1 aliphatic rings. The van der Waals surface area contributed by atoms with Crippen molar-refractivity contribution in [2.45, 2.75) is 32.4 Å². The molecule has 124 valence electrons. The van der Waals surface area contributed by atoms with Gasteiger partial charge in [-0.25, -0.2) is 0 Å². The van der Waals surface area contributed by atoms with Gasteiger partial charge in [0.2, 0.25) is 11.8 Å². The lowest BCUT2D eigenvalue weighted by Crippen LogP contribution is -2.48. The molecule has 0 aromatic heterocycles. The molecule has 0 aliphatic carbocycles. The molecular formula is C17H21ClN2O2S. The zero-order chi connectivity index (χ0) is 16.8.